The predicted molar refractivity (Wildman–Crippen MR) is 569 cm³/mol. The van der Waals surface area contributed by atoms with Crippen LogP contribution in [0.2, 0.25) is 0 Å². The lowest BCUT2D eigenvalue weighted by atomic mass is 9.32. The number of hydrogen-bond donors (Lipinski definition) is 3. The third-order valence-electron chi connectivity index (χ3n) is 47.6. The molecule has 0 unspecified atom stereocenters. The summed E-state index contributed by atoms with van der Waals surface area (Å²) in [4.78, 5) is 57.0. The van der Waals surface area contributed by atoms with Crippen LogP contribution in [0.3, 0.4) is 0 Å². The van der Waals surface area contributed by atoms with Crippen molar-refractivity contribution >= 4 is 62.1 Å². The van der Waals surface area contributed by atoms with Crippen molar-refractivity contribution < 1.29 is 33.9 Å². The molecule has 5 aromatic rings. The van der Waals surface area contributed by atoms with Crippen molar-refractivity contribution in [3.05, 3.63) is 185 Å². The minimum atomic E-state index is -1.89. The average Bonchev–Trinajstić information content (AvgIpc) is 1.63. The van der Waals surface area contributed by atoms with Crippen LogP contribution in [0.25, 0.3) is 16.7 Å². The Labute approximate surface area is 839 Å². The lowest BCUT2D eigenvalue weighted by molar-refractivity contribution is -0.219. The molecule has 16 nitrogen and oxygen atoms in total. The summed E-state index contributed by atoms with van der Waals surface area (Å²) in [5, 5.41) is 38.3. The van der Waals surface area contributed by atoms with Gasteiger partial charge in [0.15, 0.2) is 5.82 Å². The van der Waals surface area contributed by atoms with Crippen LogP contribution in [-0.2, 0) is 33.9 Å². The Morgan fingerprint density at radius 2 is 0.779 bits per heavy atom. The molecule has 17 heteroatoms. The minimum absolute atomic E-state index is 0.00239. The van der Waals surface area contributed by atoms with Gasteiger partial charge >= 0.3 is 17.9 Å². The first-order chi connectivity index (χ1) is 65.9. The summed E-state index contributed by atoms with van der Waals surface area (Å²) >= 11 is 0. The van der Waals surface area contributed by atoms with E-state index in [-0.39, 0.29) is 65.0 Å². The van der Waals surface area contributed by atoms with Crippen molar-refractivity contribution in [3.63, 3.8) is 0 Å². The molecule has 1 saturated heterocycles. The standard InChI is InChI=1S/C45H64N4O3S.C39H53N3O2.C39H52N2O2/c1-30(2)33-15-20-45(40-46-29-49(47-40)24-23-48-25-27-53(8,52)28-26-48)22-21-43(6)35(38(33)45)13-14-37-42(5)18-16-34(31-9-11-32(12-10-31)39(50)51)41(3,4)36(42)17-19-44(37,43)7;1-24(2)27-15-20-39(34-40-23-41-42(34)8)22-21-37(6)29(32(27)39)13-14-31-36(5)18-16-28(25-9-11-26(12-10-25)33(43)44)35(3,4)30(36)17-19-38(31,37)7;1-24(2)27-14-19-39(34-40-22-23-41-34)21-20-37(6)29(32(27)39)12-13-31-36(5)17-15-28(25-8-10-26(11-9-25)33(42)43)35(3,4)30(36)16-18-38(31,37)7/h9-12,16,29,33,35-38H,1,8,13-15,17-28H2,2-7H3,(H,50,51);9-12,16,23,27,29-32H,1,13-15,17-22H2,2-8H3,(H,43,44);8-11,15,22,27,29-32H,1,12-14,16-21,23H2,2-7H3,(H,42,43)/t33-,35+,36-,37+,38+,42-,43+,44+,45-;2*27-,29+,30-,31+,32+,36-,37+,38+,39-/m000/s1. The van der Waals surface area contributed by atoms with Crippen LogP contribution in [0.5, 0.6) is 0 Å². The van der Waals surface area contributed by atoms with Gasteiger partial charge in [-0.2, -0.15) is 10.2 Å². The fourth-order valence-electron chi connectivity index (χ4n) is 40.5. The number of benzene rings is 3. The van der Waals surface area contributed by atoms with E-state index in [1.54, 1.807) is 42.7 Å². The van der Waals surface area contributed by atoms with Crippen molar-refractivity contribution in [2.45, 2.75) is 315 Å². The lowest BCUT2D eigenvalue weighted by Gasteiger charge is -2.72. The van der Waals surface area contributed by atoms with Crippen LogP contribution in [0, 0.1) is 159 Å². The lowest BCUT2D eigenvalue weighted by Crippen LogP contribution is -2.65. The first kappa shape index (κ1) is 99.5. The van der Waals surface area contributed by atoms with Gasteiger partial charge in [0.05, 0.1) is 29.8 Å². The Balaban J connectivity index is 0.000000130. The highest BCUT2D eigenvalue weighted by molar-refractivity contribution is 8.00. The highest BCUT2D eigenvalue weighted by atomic mass is 32.2. The van der Waals surface area contributed by atoms with Gasteiger partial charge in [-0.25, -0.2) is 29.3 Å². The van der Waals surface area contributed by atoms with E-state index in [0.29, 0.717) is 133 Å². The van der Waals surface area contributed by atoms with Gasteiger partial charge in [-0.1, -0.05) is 195 Å². The van der Waals surface area contributed by atoms with E-state index >= 15 is 0 Å². The van der Waals surface area contributed by atoms with Crippen molar-refractivity contribution in [1.29, 1.82) is 0 Å². The van der Waals surface area contributed by atoms with E-state index in [0.717, 1.165) is 70.7 Å². The third-order valence-corrected chi connectivity index (χ3v) is 49.4. The van der Waals surface area contributed by atoms with Gasteiger partial charge in [-0.15, -0.1) is 0 Å². The topological polar surface area (TPSA) is 218 Å². The van der Waals surface area contributed by atoms with E-state index in [4.69, 9.17) is 25.1 Å². The first-order valence-corrected chi connectivity index (χ1v) is 57.0. The molecule has 2 aromatic heterocycles. The second-order valence-electron chi connectivity index (χ2n) is 53.5. The summed E-state index contributed by atoms with van der Waals surface area (Å²) in [5.41, 5.74) is 15.7. The number of fused-ring (bicyclic) bond motifs is 21. The SMILES string of the molecule is C=C(C)[C@@H]1CC[C@]2(C3=NCC=N3)CC[C@]3(C)[C@H](CC[C@@H]4[C@@]5(C)CC=C(c6ccc(C(=O)O)cc6)C(C)(C)[C@@H]5CC[C@]43C)[C@@H]12.C=C(C)[C@@H]1CC[C@]2(c3ncn(CCN4CCS(=C)(=O)CC4)n3)CC[C@]3(C)[C@H](CC[C@@H]4[C@@]5(C)CC=C(c6ccc(C(=O)O)cc6)C(C)(C)[C@@H]5CC[C@]43C)[C@@H]12.C=C(C)[C@@H]1CC[C@]2(c3ncnn3C)CC[C@]3(C)[C@H](CC[C@@H]4[C@@]5(C)CC=C(c6ccc(C(=O)O)cc6)C(C)(C)[C@@H]5CC[C@]43C)[C@@H]12. The fraction of sp³-hybridized carbons (Fsp3) is 0.675. The number of aromatic carboxylic acids is 3. The molecule has 12 saturated carbocycles. The van der Waals surface area contributed by atoms with Gasteiger partial charge in [-0.05, 0) is 433 Å². The summed E-state index contributed by atoms with van der Waals surface area (Å²) in [6.45, 7) is 63.8. The molecule has 17 aliphatic rings. The Hall–Kier alpha value is -7.89. The minimum Gasteiger partial charge on any atom is -0.478 e. The fourth-order valence-corrected chi connectivity index (χ4v) is 41.9. The van der Waals surface area contributed by atoms with Crippen LogP contribution in [0.15, 0.2) is 150 Å². The first-order valence-electron chi connectivity index (χ1n) is 54.9. The number of carboxylic acid groups (broad SMARTS) is 3. The van der Waals surface area contributed by atoms with Crippen molar-refractivity contribution in [1.82, 2.24) is 34.4 Å². The van der Waals surface area contributed by atoms with E-state index < -0.39 is 27.4 Å². The zero-order valence-corrected chi connectivity index (χ0v) is 89.6. The molecule has 0 bridgehead atoms. The number of allylic oxidation sites excluding steroid dienone is 9. The number of aliphatic imine (C=N–C) groups is 2. The third kappa shape index (κ3) is 14.5. The molecule has 0 amide bonds. The molecule has 0 radical (unpaired) electrons. The Morgan fingerprint density at radius 3 is 1.14 bits per heavy atom. The molecule has 27 atom stereocenters. The molecule has 140 heavy (non-hydrogen) atoms. The molecule has 13 fully saturated rings. The molecule has 15 aliphatic carbocycles. The largest absolute Gasteiger partial charge is 0.478 e. The molecular formula is C123H169N9O7S. The van der Waals surface area contributed by atoms with Crippen molar-refractivity contribution in [2.24, 2.45) is 176 Å². The summed E-state index contributed by atoms with van der Waals surface area (Å²) in [5.74, 6) is 15.4. The van der Waals surface area contributed by atoms with Gasteiger partial charge in [0.25, 0.3) is 0 Å². The highest BCUT2D eigenvalue weighted by Gasteiger charge is 2.76. The Morgan fingerprint density at radius 1 is 0.421 bits per heavy atom. The molecule has 3 N–H and O–H groups in total. The van der Waals surface area contributed by atoms with E-state index in [1.807, 2.05) is 48.9 Å². The summed E-state index contributed by atoms with van der Waals surface area (Å²) in [6.07, 6.45) is 46.8. The summed E-state index contributed by atoms with van der Waals surface area (Å²) in [7, 11) is 0.210. The Bertz CT molecular complexity index is 6050. The number of aryl methyl sites for hydroxylation is 1. The molecule has 754 valence electrons. The van der Waals surface area contributed by atoms with E-state index in [1.165, 1.54) is 203 Å². The molecule has 3 aromatic carbocycles. The number of aromatic nitrogens is 6. The number of hydrogen-bond acceptors (Lipinski definition) is 11. The van der Waals surface area contributed by atoms with Gasteiger partial charge in [0, 0.05) is 60.6 Å². The number of nitrogens with zero attached hydrogens (tertiary/aromatic N) is 9. The second kappa shape index (κ2) is 34.4. The monoisotopic (exact) mass is 1920 g/mol. The zero-order chi connectivity index (χ0) is 99.8. The average molecular weight is 1920 g/mol. The Kier molecular flexibility index (Phi) is 24.4. The van der Waals surface area contributed by atoms with Crippen LogP contribution < -0.4 is 0 Å². The number of carbonyl (C=O) groups is 3. The number of rotatable bonds is 15. The van der Waals surface area contributed by atoms with E-state index in [2.05, 4.69) is 195 Å². The van der Waals surface area contributed by atoms with Crippen molar-refractivity contribution in [2.75, 3.05) is 37.7 Å². The zero-order valence-electron chi connectivity index (χ0n) is 88.8. The van der Waals surface area contributed by atoms with Gasteiger partial charge in [-0.3, -0.25) is 23.5 Å². The van der Waals surface area contributed by atoms with Crippen LogP contribution in [0.4, 0.5) is 0 Å². The van der Waals surface area contributed by atoms with Gasteiger partial charge < -0.3 is 15.3 Å². The van der Waals surface area contributed by atoms with Crippen LogP contribution in [-0.4, -0.2) is 127 Å². The van der Waals surface area contributed by atoms with Crippen LogP contribution >= 0.6 is 0 Å². The molecule has 22 rings (SSSR count). The maximum absolute atomic E-state index is 12.4. The van der Waals surface area contributed by atoms with Crippen LogP contribution in [0.1, 0.15) is 357 Å². The normalized spacial score (nSPS) is 42.2. The predicted octanol–water partition coefficient (Wildman–Crippen LogP) is 27.2. The summed E-state index contributed by atoms with van der Waals surface area (Å²) in [6, 6.07) is 22.8. The molecular weight excluding hydrogens is 1750 g/mol. The van der Waals surface area contributed by atoms with E-state index in [9.17, 15) is 33.9 Å². The highest BCUT2D eigenvalue weighted by Crippen LogP contribution is 2.83. The summed E-state index contributed by atoms with van der Waals surface area (Å²) < 4.78 is 16.6. The molecule has 2 aliphatic heterocycles. The van der Waals surface area contributed by atoms with Crippen molar-refractivity contribution in [3.8, 4) is 0 Å². The number of carboxylic acids is 3. The van der Waals surface area contributed by atoms with Gasteiger partial charge in [0.2, 0.25) is 0 Å². The number of amidine groups is 1. The second-order valence-corrected chi connectivity index (χ2v) is 56.3. The maximum atomic E-state index is 12.4. The molecule has 4 heterocycles. The smallest absolute Gasteiger partial charge is 0.335 e. The quantitative estimate of drug-likeness (QED) is 0.0659. The molecule has 0 spiro atoms. The maximum Gasteiger partial charge on any atom is 0.335 e. The van der Waals surface area contributed by atoms with Gasteiger partial charge in [0.1, 0.15) is 24.3 Å².